The fourth-order valence-corrected chi connectivity index (χ4v) is 1.73. The summed E-state index contributed by atoms with van der Waals surface area (Å²) >= 11 is 0. The molecule has 0 radical (unpaired) electrons. The Kier molecular flexibility index (Phi) is 29.4. The molecule has 1 amide bonds. The lowest BCUT2D eigenvalue weighted by molar-refractivity contribution is -0.145. The molecule has 0 saturated carbocycles. The first kappa shape index (κ1) is 31.0. The number of carbonyl (C=O) groups excluding carboxylic acids is 2. The van der Waals surface area contributed by atoms with E-state index >= 15 is 0 Å². The highest BCUT2D eigenvalue weighted by Gasteiger charge is 2.18. The summed E-state index contributed by atoms with van der Waals surface area (Å²) in [6, 6.07) is 23.5. The third-order valence-corrected chi connectivity index (χ3v) is 3.04. The molecule has 0 aliphatic heterocycles. The molecule has 1 atom stereocenters. The van der Waals surface area contributed by atoms with Gasteiger partial charge in [0.2, 0.25) is 5.91 Å². The van der Waals surface area contributed by atoms with Gasteiger partial charge in [-0.3, -0.25) is 4.79 Å². The van der Waals surface area contributed by atoms with Crippen LogP contribution in [-0.4, -0.2) is 49.5 Å². The van der Waals surface area contributed by atoms with E-state index in [9.17, 15) is 9.59 Å². The number of nitrogens with one attached hydrogen (secondary N) is 1. The lowest BCUT2D eigenvalue weighted by atomic mass is 10.2. The van der Waals surface area contributed by atoms with Crippen LogP contribution < -0.4 is 5.32 Å². The van der Waals surface area contributed by atoms with E-state index in [1.165, 1.54) is 7.11 Å². The molecule has 0 bridgehead atoms. The predicted octanol–water partition coefficient (Wildman–Crippen LogP) is 3.44. The molecule has 2 rings (SSSR count). The van der Waals surface area contributed by atoms with E-state index in [2.05, 4.69) is 10.1 Å². The van der Waals surface area contributed by atoms with Crippen LogP contribution in [0.1, 0.15) is 33.1 Å². The third-order valence-electron chi connectivity index (χ3n) is 3.04. The third kappa shape index (κ3) is 23.3. The number of aliphatic hydroxyl groups is 2. The molecule has 29 heavy (non-hydrogen) atoms. The van der Waals surface area contributed by atoms with Gasteiger partial charge < -0.3 is 20.3 Å². The van der Waals surface area contributed by atoms with Gasteiger partial charge in [0.05, 0.1) is 7.11 Å². The summed E-state index contributed by atoms with van der Waals surface area (Å²) in [6.07, 6.45) is 1.79. The maximum atomic E-state index is 11.1. The first-order valence-electron chi connectivity index (χ1n) is 9.42. The summed E-state index contributed by atoms with van der Waals surface area (Å²) in [7, 11) is 3.32. The number of hydrogen-bond donors (Lipinski definition) is 3. The second kappa shape index (κ2) is 27.5. The van der Waals surface area contributed by atoms with E-state index in [-0.39, 0.29) is 11.9 Å². The Morgan fingerprint density at radius 2 is 1.07 bits per heavy atom. The Balaban J connectivity index is -0.000000350. The molecule has 2 aromatic carbocycles. The fraction of sp³-hybridized carbons (Fsp3) is 0.391. The second-order valence-corrected chi connectivity index (χ2v) is 5.11. The number of aliphatic hydroxyl groups excluding tert-OH is 2. The van der Waals surface area contributed by atoms with Gasteiger partial charge in [0.25, 0.3) is 0 Å². The van der Waals surface area contributed by atoms with Crippen LogP contribution in [-0.2, 0) is 14.3 Å². The van der Waals surface area contributed by atoms with E-state index in [1.54, 1.807) is 0 Å². The quantitative estimate of drug-likeness (QED) is 0.660. The Morgan fingerprint density at radius 3 is 1.28 bits per heavy atom. The van der Waals surface area contributed by atoms with Gasteiger partial charge in [0.1, 0.15) is 6.04 Å². The first-order chi connectivity index (χ1) is 14.2. The standard InChI is InChI=1S/C9H17NO3.2C6H6.2CH4O/c1-4-6-8(11)10-7(5-2)9(12)13-3;2*1-2-4-6-5-3-1;2*1-2/h7H,4-6H2,1-3H3,(H,10,11);2*1-6H;2*2H,1H3. The van der Waals surface area contributed by atoms with Gasteiger partial charge in [-0.1, -0.05) is 86.6 Å². The van der Waals surface area contributed by atoms with E-state index in [0.29, 0.717) is 12.8 Å². The predicted molar refractivity (Wildman–Crippen MR) is 118 cm³/mol. The molecular formula is C23H37NO5. The molecule has 0 aliphatic carbocycles. The molecule has 164 valence electrons. The zero-order valence-corrected chi connectivity index (χ0v) is 18.2. The lowest BCUT2D eigenvalue weighted by Gasteiger charge is -2.13. The summed E-state index contributed by atoms with van der Waals surface area (Å²) in [6.45, 7) is 3.74. The van der Waals surface area contributed by atoms with Crippen LogP contribution in [0.4, 0.5) is 0 Å². The smallest absolute Gasteiger partial charge is 0.328 e. The van der Waals surface area contributed by atoms with Crippen molar-refractivity contribution < 1.29 is 24.5 Å². The van der Waals surface area contributed by atoms with Gasteiger partial charge in [-0.2, -0.15) is 0 Å². The summed E-state index contributed by atoms with van der Waals surface area (Å²) in [5, 5.41) is 16.6. The van der Waals surface area contributed by atoms with Gasteiger partial charge in [-0.15, -0.1) is 0 Å². The molecule has 0 saturated heterocycles. The molecule has 3 N–H and O–H groups in total. The Bertz CT molecular complexity index is 465. The van der Waals surface area contributed by atoms with E-state index < -0.39 is 6.04 Å². The fourth-order valence-electron chi connectivity index (χ4n) is 1.73. The van der Waals surface area contributed by atoms with Crippen molar-refractivity contribution in [3.63, 3.8) is 0 Å². The summed E-state index contributed by atoms with van der Waals surface area (Å²) < 4.78 is 4.53. The van der Waals surface area contributed by atoms with Crippen molar-refractivity contribution in [2.75, 3.05) is 21.3 Å². The molecule has 0 aliphatic rings. The van der Waals surface area contributed by atoms with Crippen LogP contribution in [0.15, 0.2) is 72.8 Å². The highest BCUT2D eigenvalue weighted by atomic mass is 16.5. The van der Waals surface area contributed by atoms with Gasteiger partial charge in [-0.05, 0) is 12.8 Å². The molecule has 6 nitrogen and oxygen atoms in total. The van der Waals surface area contributed by atoms with Crippen molar-refractivity contribution in [3.8, 4) is 0 Å². The average Bonchev–Trinajstić information content (AvgIpc) is 2.83. The molecule has 1 unspecified atom stereocenters. The normalized spacial score (nSPS) is 9.07. The molecule has 0 aromatic heterocycles. The van der Waals surface area contributed by atoms with E-state index in [4.69, 9.17) is 10.2 Å². The highest BCUT2D eigenvalue weighted by molar-refractivity contribution is 5.84. The van der Waals surface area contributed by atoms with Crippen LogP contribution >= 0.6 is 0 Å². The minimum absolute atomic E-state index is 0.0975. The minimum Gasteiger partial charge on any atom is -0.467 e. The number of methoxy groups -OCH3 is 1. The van der Waals surface area contributed by atoms with Gasteiger partial charge >= 0.3 is 5.97 Å². The van der Waals surface area contributed by atoms with Crippen molar-refractivity contribution in [1.82, 2.24) is 5.32 Å². The van der Waals surface area contributed by atoms with Gasteiger partial charge in [0, 0.05) is 20.6 Å². The summed E-state index contributed by atoms with van der Waals surface area (Å²) in [4.78, 5) is 22.2. The first-order valence-corrected chi connectivity index (χ1v) is 9.42. The monoisotopic (exact) mass is 407 g/mol. The number of benzene rings is 2. The van der Waals surface area contributed by atoms with Crippen LogP contribution in [0.2, 0.25) is 0 Å². The lowest BCUT2D eigenvalue weighted by Crippen LogP contribution is -2.40. The molecule has 0 heterocycles. The summed E-state index contributed by atoms with van der Waals surface area (Å²) in [5.74, 6) is -0.480. The van der Waals surface area contributed by atoms with E-state index in [1.807, 2.05) is 86.6 Å². The van der Waals surface area contributed by atoms with Crippen LogP contribution in [0, 0.1) is 0 Å². The number of esters is 1. The zero-order valence-electron chi connectivity index (χ0n) is 18.2. The number of carbonyl (C=O) groups is 2. The average molecular weight is 408 g/mol. The topological polar surface area (TPSA) is 95.9 Å². The van der Waals surface area contributed by atoms with Crippen molar-refractivity contribution in [3.05, 3.63) is 72.8 Å². The molecule has 0 fully saturated rings. The van der Waals surface area contributed by atoms with Crippen molar-refractivity contribution in [1.29, 1.82) is 0 Å². The van der Waals surface area contributed by atoms with E-state index in [0.717, 1.165) is 20.6 Å². The Hall–Kier alpha value is -2.70. The number of rotatable bonds is 5. The van der Waals surface area contributed by atoms with Gasteiger partial charge in [-0.25, -0.2) is 4.79 Å². The SMILES string of the molecule is CCCC(=O)NC(CC)C(=O)OC.CO.CO.c1ccccc1.c1ccccc1. The Labute approximate surface area is 175 Å². The number of ether oxygens (including phenoxy) is 1. The molecular weight excluding hydrogens is 370 g/mol. The van der Waals surface area contributed by atoms with Crippen molar-refractivity contribution >= 4 is 11.9 Å². The molecule has 2 aromatic rings. The molecule has 0 spiro atoms. The minimum atomic E-state index is -0.496. The van der Waals surface area contributed by atoms with Crippen LogP contribution in [0.25, 0.3) is 0 Å². The van der Waals surface area contributed by atoms with Crippen molar-refractivity contribution in [2.24, 2.45) is 0 Å². The van der Waals surface area contributed by atoms with Crippen LogP contribution in [0.3, 0.4) is 0 Å². The zero-order chi connectivity index (χ0) is 22.8. The number of amides is 1. The van der Waals surface area contributed by atoms with Crippen molar-refractivity contribution in [2.45, 2.75) is 39.2 Å². The van der Waals surface area contributed by atoms with Crippen LogP contribution in [0.5, 0.6) is 0 Å². The summed E-state index contributed by atoms with van der Waals surface area (Å²) in [5.41, 5.74) is 0. The Morgan fingerprint density at radius 1 is 0.759 bits per heavy atom. The largest absolute Gasteiger partial charge is 0.467 e. The maximum absolute atomic E-state index is 11.1. The number of hydrogen-bond acceptors (Lipinski definition) is 5. The second-order valence-electron chi connectivity index (χ2n) is 5.11. The maximum Gasteiger partial charge on any atom is 0.328 e. The molecule has 6 heteroatoms. The highest BCUT2D eigenvalue weighted by Crippen LogP contribution is 1.96. The van der Waals surface area contributed by atoms with Gasteiger partial charge in [0.15, 0.2) is 0 Å².